The van der Waals surface area contributed by atoms with E-state index < -0.39 is 0 Å². The fraction of sp³-hybridized carbons (Fsp3) is 0.375. The molecule has 3 aromatic heterocycles. The third kappa shape index (κ3) is 3.82. The van der Waals surface area contributed by atoms with Crippen LogP contribution in [0, 0.1) is 6.92 Å². The van der Waals surface area contributed by atoms with Gasteiger partial charge < -0.3 is 4.90 Å². The molecule has 0 atom stereocenters. The fourth-order valence-corrected chi connectivity index (χ4v) is 4.63. The molecule has 4 aromatic rings. The molecule has 0 amide bonds. The molecule has 0 radical (unpaired) electrons. The molecule has 0 bridgehead atoms. The zero-order valence-electron chi connectivity index (χ0n) is 18.8. The van der Waals surface area contributed by atoms with Crippen LogP contribution in [0.5, 0.6) is 0 Å². The molecule has 1 fully saturated rings. The number of nitrogens with zero attached hydrogens (tertiary/aromatic N) is 8. The van der Waals surface area contributed by atoms with E-state index in [9.17, 15) is 0 Å². The lowest BCUT2D eigenvalue weighted by molar-refractivity contribution is 0.199. The lowest BCUT2D eigenvalue weighted by Gasteiger charge is -2.37. The highest BCUT2D eigenvalue weighted by Crippen LogP contribution is 2.32. The topological polar surface area (TPSA) is 75.9 Å². The van der Waals surface area contributed by atoms with Gasteiger partial charge >= 0.3 is 0 Å². The van der Waals surface area contributed by atoms with Crippen LogP contribution in [-0.2, 0) is 13.6 Å². The standard InChI is InChI=1S/C24H28N8/c1-17-18(8-12-25-27-17)16-30(2)19-10-14-32(15-11-19)24-21-7-5-4-6-20(21)23(28-29-24)22-9-13-26-31(22)3/h4-9,12-13,19H,10-11,14-16H2,1-3H3. The predicted molar refractivity (Wildman–Crippen MR) is 125 cm³/mol. The molecule has 0 unspecified atom stereocenters. The van der Waals surface area contributed by atoms with Crippen molar-refractivity contribution in [3.63, 3.8) is 0 Å². The number of aromatic nitrogens is 6. The van der Waals surface area contributed by atoms with Crippen LogP contribution in [0.25, 0.3) is 22.2 Å². The fourth-order valence-electron chi connectivity index (χ4n) is 4.63. The third-order valence-electron chi connectivity index (χ3n) is 6.55. The molecule has 0 N–H and O–H groups in total. The van der Waals surface area contributed by atoms with Gasteiger partial charge in [0.2, 0.25) is 0 Å². The molecular weight excluding hydrogens is 400 g/mol. The van der Waals surface area contributed by atoms with E-state index in [1.54, 1.807) is 12.4 Å². The minimum atomic E-state index is 0.534. The Kier molecular flexibility index (Phi) is 5.53. The minimum Gasteiger partial charge on any atom is -0.354 e. The number of rotatable bonds is 5. The minimum absolute atomic E-state index is 0.534. The van der Waals surface area contributed by atoms with Crippen molar-refractivity contribution in [2.45, 2.75) is 32.4 Å². The molecule has 1 aliphatic heterocycles. The van der Waals surface area contributed by atoms with Gasteiger partial charge in [-0.2, -0.15) is 15.3 Å². The van der Waals surface area contributed by atoms with Gasteiger partial charge in [0.25, 0.3) is 0 Å². The van der Waals surface area contributed by atoms with E-state index in [1.165, 1.54) is 5.56 Å². The second kappa shape index (κ2) is 8.63. The summed E-state index contributed by atoms with van der Waals surface area (Å²) in [4.78, 5) is 4.82. The third-order valence-corrected chi connectivity index (χ3v) is 6.55. The van der Waals surface area contributed by atoms with E-state index in [0.29, 0.717) is 6.04 Å². The van der Waals surface area contributed by atoms with Crippen LogP contribution in [0.4, 0.5) is 5.82 Å². The highest BCUT2D eigenvalue weighted by molar-refractivity contribution is 5.99. The van der Waals surface area contributed by atoms with E-state index in [-0.39, 0.29) is 0 Å². The molecule has 8 nitrogen and oxygen atoms in total. The largest absolute Gasteiger partial charge is 0.354 e. The van der Waals surface area contributed by atoms with Crippen LogP contribution in [0.3, 0.4) is 0 Å². The SMILES string of the molecule is Cc1nnccc1CN(C)C1CCN(c2nnc(-c3ccnn3C)c3ccccc23)CC1. The van der Waals surface area contributed by atoms with Gasteiger partial charge in [-0.1, -0.05) is 24.3 Å². The molecule has 32 heavy (non-hydrogen) atoms. The second-order valence-electron chi connectivity index (χ2n) is 8.53. The molecule has 4 heterocycles. The van der Waals surface area contributed by atoms with Crippen molar-refractivity contribution in [2.75, 3.05) is 25.0 Å². The van der Waals surface area contributed by atoms with E-state index >= 15 is 0 Å². The zero-order chi connectivity index (χ0) is 22.1. The molecule has 8 heteroatoms. The van der Waals surface area contributed by atoms with Crippen molar-refractivity contribution in [3.05, 3.63) is 60.0 Å². The van der Waals surface area contributed by atoms with Crippen molar-refractivity contribution in [2.24, 2.45) is 7.05 Å². The maximum atomic E-state index is 4.68. The number of piperidine rings is 1. The smallest absolute Gasteiger partial charge is 0.159 e. The molecule has 0 aliphatic carbocycles. The first-order valence-corrected chi connectivity index (χ1v) is 11.1. The Morgan fingerprint density at radius 2 is 1.75 bits per heavy atom. The Hall–Kier alpha value is -3.39. The molecule has 1 saturated heterocycles. The van der Waals surface area contributed by atoms with E-state index in [1.807, 2.05) is 24.7 Å². The Bertz CT molecular complexity index is 1230. The van der Waals surface area contributed by atoms with Gasteiger partial charge in [-0.05, 0) is 44.5 Å². The number of fused-ring (bicyclic) bond motifs is 1. The summed E-state index contributed by atoms with van der Waals surface area (Å²) in [7, 11) is 4.14. The van der Waals surface area contributed by atoms with Gasteiger partial charge in [0.05, 0.1) is 11.4 Å². The number of aryl methyl sites for hydroxylation is 2. The normalized spacial score (nSPS) is 15.1. The summed E-state index contributed by atoms with van der Waals surface area (Å²) in [6, 6.07) is 13.0. The maximum absolute atomic E-state index is 4.68. The molecule has 5 rings (SSSR count). The lowest BCUT2D eigenvalue weighted by Crippen LogP contribution is -2.43. The second-order valence-corrected chi connectivity index (χ2v) is 8.53. The Morgan fingerprint density at radius 1 is 0.969 bits per heavy atom. The summed E-state index contributed by atoms with van der Waals surface area (Å²) in [6.07, 6.45) is 5.75. The molecular formula is C24H28N8. The van der Waals surface area contributed by atoms with Crippen LogP contribution >= 0.6 is 0 Å². The van der Waals surface area contributed by atoms with Crippen LogP contribution in [0.1, 0.15) is 24.1 Å². The van der Waals surface area contributed by atoms with Crippen molar-refractivity contribution in [1.82, 2.24) is 35.1 Å². The Morgan fingerprint density at radius 3 is 2.47 bits per heavy atom. The number of hydrogen-bond acceptors (Lipinski definition) is 7. The maximum Gasteiger partial charge on any atom is 0.159 e. The van der Waals surface area contributed by atoms with Gasteiger partial charge in [-0.25, -0.2) is 0 Å². The van der Waals surface area contributed by atoms with Crippen molar-refractivity contribution >= 4 is 16.6 Å². The van der Waals surface area contributed by atoms with Crippen LogP contribution in [-0.4, -0.2) is 61.3 Å². The van der Waals surface area contributed by atoms with Crippen LogP contribution < -0.4 is 4.90 Å². The quantitative estimate of drug-likeness (QED) is 0.483. The first-order chi connectivity index (χ1) is 15.6. The van der Waals surface area contributed by atoms with E-state index in [4.69, 9.17) is 0 Å². The van der Waals surface area contributed by atoms with Gasteiger partial charge in [0, 0.05) is 55.9 Å². The van der Waals surface area contributed by atoms with Crippen molar-refractivity contribution < 1.29 is 0 Å². The first kappa shape index (κ1) is 20.5. The summed E-state index contributed by atoms with van der Waals surface area (Å²) in [5, 5.41) is 24.0. The predicted octanol–water partition coefficient (Wildman–Crippen LogP) is 3.23. The Balaban J connectivity index is 1.34. The molecule has 0 spiro atoms. The first-order valence-electron chi connectivity index (χ1n) is 11.1. The monoisotopic (exact) mass is 428 g/mol. The van der Waals surface area contributed by atoms with E-state index in [0.717, 1.165) is 66.1 Å². The zero-order valence-corrected chi connectivity index (χ0v) is 18.8. The lowest BCUT2D eigenvalue weighted by atomic mass is 10.0. The van der Waals surface area contributed by atoms with Gasteiger partial charge in [0.15, 0.2) is 5.82 Å². The summed E-state index contributed by atoms with van der Waals surface area (Å²) < 4.78 is 1.84. The molecule has 164 valence electrons. The number of hydrogen-bond donors (Lipinski definition) is 0. The highest BCUT2D eigenvalue weighted by atomic mass is 15.3. The summed E-state index contributed by atoms with van der Waals surface area (Å²) in [5.41, 5.74) is 4.10. The average Bonchev–Trinajstić information content (AvgIpc) is 3.25. The van der Waals surface area contributed by atoms with Gasteiger partial charge in [-0.15, -0.1) is 10.2 Å². The Labute approximate surface area is 187 Å². The summed E-state index contributed by atoms with van der Waals surface area (Å²) in [6.45, 7) is 4.85. The number of anilines is 1. The molecule has 0 saturated carbocycles. The van der Waals surface area contributed by atoms with Crippen molar-refractivity contribution in [1.29, 1.82) is 0 Å². The highest BCUT2D eigenvalue weighted by Gasteiger charge is 2.25. The summed E-state index contributed by atoms with van der Waals surface area (Å²) >= 11 is 0. The van der Waals surface area contributed by atoms with Crippen molar-refractivity contribution in [3.8, 4) is 11.4 Å². The average molecular weight is 429 g/mol. The van der Waals surface area contributed by atoms with Crippen LogP contribution in [0.2, 0.25) is 0 Å². The molecule has 1 aliphatic rings. The van der Waals surface area contributed by atoms with E-state index in [2.05, 4.69) is 72.7 Å². The molecule has 1 aromatic carbocycles. The van der Waals surface area contributed by atoms with Gasteiger partial charge in [0.1, 0.15) is 5.69 Å². The summed E-state index contributed by atoms with van der Waals surface area (Å²) in [5.74, 6) is 0.974. The number of benzene rings is 1. The van der Waals surface area contributed by atoms with Gasteiger partial charge in [-0.3, -0.25) is 9.58 Å². The van der Waals surface area contributed by atoms with Crippen LogP contribution in [0.15, 0.2) is 48.8 Å².